The molecule has 0 saturated carbocycles. The fraction of sp³-hybridized carbons (Fsp3) is 0.0909. The Bertz CT molecular complexity index is 1190. The van der Waals surface area contributed by atoms with Gasteiger partial charge in [0.05, 0.1) is 5.56 Å². The van der Waals surface area contributed by atoms with Gasteiger partial charge in [-0.2, -0.15) is 0 Å². The molecule has 5 nitrogen and oxygen atoms in total. The highest BCUT2D eigenvalue weighted by atomic mass is 19.1. The number of anilines is 1. The Morgan fingerprint density at radius 3 is 2.66 bits per heavy atom. The molecule has 0 saturated heterocycles. The standard InChI is InChI=1S/C22H16F2N2O3/c1-11-9-16(22(28)29)18(25-11)8-7-15-20-14(3-2-4-19(20)26-21(15)27)13-6-5-12(23)10-17(13)24/h2-7,9-10,25H,8H2,1H3,(H,26,27)(H,28,29)/b15-7-. The molecule has 2 aromatic carbocycles. The zero-order valence-corrected chi connectivity index (χ0v) is 15.3. The molecule has 1 aliphatic rings. The van der Waals surface area contributed by atoms with Crippen LogP contribution in [0.15, 0.2) is 48.5 Å². The number of carboxylic acids is 1. The van der Waals surface area contributed by atoms with Gasteiger partial charge in [-0.3, -0.25) is 4.79 Å². The average Bonchev–Trinajstić information content (AvgIpc) is 3.19. The normalized spacial score (nSPS) is 14.2. The Kier molecular flexibility index (Phi) is 4.50. The van der Waals surface area contributed by atoms with Crippen LogP contribution in [-0.4, -0.2) is 22.0 Å². The number of aromatic amines is 1. The third-order valence-corrected chi connectivity index (χ3v) is 4.82. The molecule has 0 unspecified atom stereocenters. The van der Waals surface area contributed by atoms with Crippen LogP contribution in [0.2, 0.25) is 0 Å². The summed E-state index contributed by atoms with van der Waals surface area (Å²) < 4.78 is 27.7. The molecule has 29 heavy (non-hydrogen) atoms. The van der Waals surface area contributed by atoms with Crippen molar-refractivity contribution in [3.8, 4) is 11.1 Å². The van der Waals surface area contributed by atoms with E-state index in [-0.39, 0.29) is 23.5 Å². The van der Waals surface area contributed by atoms with E-state index in [1.54, 1.807) is 31.2 Å². The number of hydrogen-bond donors (Lipinski definition) is 3. The number of fused-ring (bicyclic) bond motifs is 1. The maximum atomic E-state index is 14.4. The highest BCUT2D eigenvalue weighted by Crippen LogP contribution is 2.40. The van der Waals surface area contributed by atoms with Gasteiger partial charge in [-0.25, -0.2) is 13.6 Å². The minimum absolute atomic E-state index is 0.135. The number of allylic oxidation sites excluding steroid dienone is 1. The highest BCUT2D eigenvalue weighted by molar-refractivity contribution is 6.33. The molecule has 146 valence electrons. The number of carbonyl (C=O) groups is 2. The predicted molar refractivity (Wildman–Crippen MR) is 105 cm³/mol. The SMILES string of the molecule is Cc1cc(C(=O)O)c(C/C=C2\C(=O)Nc3cccc(-c4ccc(F)cc4F)c32)[nH]1. The molecule has 2 heterocycles. The van der Waals surface area contributed by atoms with Crippen LogP contribution in [0.25, 0.3) is 16.7 Å². The molecule has 0 radical (unpaired) electrons. The summed E-state index contributed by atoms with van der Waals surface area (Å²) in [7, 11) is 0. The van der Waals surface area contributed by atoms with E-state index in [1.165, 1.54) is 12.1 Å². The molecule has 1 aliphatic heterocycles. The van der Waals surface area contributed by atoms with Crippen LogP contribution < -0.4 is 5.32 Å². The minimum atomic E-state index is -1.06. The lowest BCUT2D eigenvalue weighted by Gasteiger charge is -2.10. The zero-order chi connectivity index (χ0) is 20.7. The van der Waals surface area contributed by atoms with E-state index < -0.39 is 17.6 Å². The number of H-pyrrole nitrogens is 1. The van der Waals surface area contributed by atoms with Gasteiger partial charge in [0.15, 0.2) is 0 Å². The van der Waals surface area contributed by atoms with E-state index in [0.717, 1.165) is 12.1 Å². The molecular formula is C22H16F2N2O3. The van der Waals surface area contributed by atoms with Crippen molar-refractivity contribution in [2.75, 3.05) is 5.32 Å². The van der Waals surface area contributed by atoms with Crippen molar-refractivity contribution in [3.05, 3.63) is 82.7 Å². The lowest BCUT2D eigenvalue weighted by Crippen LogP contribution is -2.05. The third-order valence-electron chi connectivity index (χ3n) is 4.82. The predicted octanol–water partition coefficient (Wildman–Crippen LogP) is 4.54. The summed E-state index contributed by atoms with van der Waals surface area (Å²) in [5, 5.41) is 12.1. The van der Waals surface area contributed by atoms with E-state index in [1.807, 2.05) is 0 Å². The monoisotopic (exact) mass is 394 g/mol. The summed E-state index contributed by atoms with van der Waals surface area (Å²) in [6.07, 6.45) is 1.79. The Labute approximate surface area is 164 Å². The van der Waals surface area contributed by atoms with Crippen LogP contribution in [0.3, 0.4) is 0 Å². The second-order valence-corrected chi connectivity index (χ2v) is 6.78. The number of aryl methyl sites for hydroxylation is 1. The molecule has 0 spiro atoms. The number of carbonyl (C=O) groups excluding carboxylic acids is 1. The lowest BCUT2D eigenvalue weighted by molar-refractivity contribution is -0.110. The van der Waals surface area contributed by atoms with Gasteiger partial charge in [-0.05, 0) is 36.8 Å². The maximum Gasteiger partial charge on any atom is 0.337 e. The first-order valence-corrected chi connectivity index (χ1v) is 8.87. The van der Waals surface area contributed by atoms with Crippen LogP contribution in [0.4, 0.5) is 14.5 Å². The van der Waals surface area contributed by atoms with Gasteiger partial charge in [0, 0.05) is 46.3 Å². The number of amides is 1. The molecule has 7 heteroatoms. The topological polar surface area (TPSA) is 82.2 Å². The summed E-state index contributed by atoms with van der Waals surface area (Å²) in [6.45, 7) is 1.75. The van der Waals surface area contributed by atoms with Crippen molar-refractivity contribution in [2.45, 2.75) is 13.3 Å². The number of benzene rings is 2. The van der Waals surface area contributed by atoms with Gasteiger partial charge < -0.3 is 15.4 Å². The van der Waals surface area contributed by atoms with Gasteiger partial charge in [0.1, 0.15) is 11.6 Å². The second kappa shape index (κ2) is 7.01. The van der Waals surface area contributed by atoms with Gasteiger partial charge in [-0.15, -0.1) is 0 Å². The quantitative estimate of drug-likeness (QED) is 0.568. The molecule has 0 bridgehead atoms. The van der Waals surface area contributed by atoms with Crippen LogP contribution in [0, 0.1) is 18.6 Å². The van der Waals surface area contributed by atoms with Crippen LogP contribution in [-0.2, 0) is 11.2 Å². The molecule has 0 aliphatic carbocycles. The molecule has 0 fully saturated rings. The largest absolute Gasteiger partial charge is 0.478 e. The first kappa shape index (κ1) is 18.6. The molecule has 3 N–H and O–H groups in total. The zero-order valence-electron chi connectivity index (χ0n) is 15.3. The number of halogens is 2. The second-order valence-electron chi connectivity index (χ2n) is 6.78. The number of carboxylic acid groups (broad SMARTS) is 1. The summed E-state index contributed by atoms with van der Waals surface area (Å²) in [5.74, 6) is -2.85. The summed E-state index contributed by atoms with van der Waals surface area (Å²) in [6, 6.07) is 9.84. The number of aromatic nitrogens is 1. The van der Waals surface area contributed by atoms with E-state index in [2.05, 4.69) is 10.3 Å². The number of hydrogen-bond acceptors (Lipinski definition) is 2. The average molecular weight is 394 g/mol. The molecule has 3 aromatic rings. The van der Waals surface area contributed by atoms with Crippen molar-refractivity contribution in [1.82, 2.24) is 4.98 Å². The van der Waals surface area contributed by atoms with Gasteiger partial charge in [0.2, 0.25) is 0 Å². The fourth-order valence-electron chi connectivity index (χ4n) is 3.58. The first-order valence-electron chi connectivity index (χ1n) is 8.87. The highest BCUT2D eigenvalue weighted by Gasteiger charge is 2.28. The molecule has 0 atom stereocenters. The third kappa shape index (κ3) is 3.31. The Balaban J connectivity index is 1.80. The van der Waals surface area contributed by atoms with Gasteiger partial charge in [0.25, 0.3) is 5.91 Å². The lowest BCUT2D eigenvalue weighted by atomic mass is 9.93. The van der Waals surface area contributed by atoms with Crippen molar-refractivity contribution >= 4 is 23.1 Å². The van der Waals surface area contributed by atoms with Crippen molar-refractivity contribution in [1.29, 1.82) is 0 Å². The summed E-state index contributed by atoms with van der Waals surface area (Å²) in [4.78, 5) is 26.9. The maximum absolute atomic E-state index is 14.4. The molecule has 1 amide bonds. The van der Waals surface area contributed by atoms with Crippen molar-refractivity contribution < 1.29 is 23.5 Å². The number of rotatable bonds is 4. The minimum Gasteiger partial charge on any atom is -0.478 e. The fourth-order valence-corrected chi connectivity index (χ4v) is 3.58. The summed E-state index contributed by atoms with van der Waals surface area (Å²) in [5.41, 5.74) is 3.25. The van der Waals surface area contributed by atoms with Crippen molar-refractivity contribution in [3.63, 3.8) is 0 Å². The molecule has 1 aromatic heterocycles. The van der Waals surface area contributed by atoms with E-state index in [4.69, 9.17) is 0 Å². The van der Waals surface area contributed by atoms with E-state index in [9.17, 15) is 23.5 Å². The van der Waals surface area contributed by atoms with E-state index >= 15 is 0 Å². The van der Waals surface area contributed by atoms with Gasteiger partial charge >= 0.3 is 5.97 Å². The van der Waals surface area contributed by atoms with Crippen LogP contribution >= 0.6 is 0 Å². The summed E-state index contributed by atoms with van der Waals surface area (Å²) >= 11 is 0. The Morgan fingerprint density at radius 2 is 1.93 bits per heavy atom. The molecule has 4 rings (SSSR count). The van der Waals surface area contributed by atoms with Crippen LogP contribution in [0.1, 0.15) is 27.3 Å². The van der Waals surface area contributed by atoms with Crippen molar-refractivity contribution in [2.24, 2.45) is 0 Å². The Morgan fingerprint density at radius 1 is 1.14 bits per heavy atom. The number of nitrogens with one attached hydrogen (secondary N) is 2. The number of aromatic carboxylic acids is 1. The molecular weight excluding hydrogens is 378 g/mol. The smallest absolute Gasteiger partial charge is 0.337 e. The van der Waals surface area contributed by atoms with E-state index in [0.29, 0.717) is 33.8 Å². The Hall–Kier alpha value is -3.74. The van der Waals surface area contributed by atoms with Crippen LogP contribution in [0.5, 0.6) is 0 Å². The van der Waals surface area contributed by atoms with Gasteiger partial charge in [-0.1, -0.05) is 18.2 Å². The first-order chi connectivity index (χ1) is 13.8.